The van der Waals surface area contributed by atoms with Gasteiger partial charge in [-0.15, -0.1) is 11.8 Å². The van der Waals surface area contributed by atoms with Crippen LogP contribution in [0.3, 0.4) is 0 Å². The van der Waals surface area contributed by atoms with Crippen molar-refractivity contribution in [3.63, 3.8) is 0 Å². The van der Waals surface area contributed by atoms with E-state index in [0.29, 0.717) is 11.8 Å². The zero-order valence-corrected chi connectivity index (χ0v) is 11.6. The summed E-state index contributed by atoms with van der Waals surface area (Å²) < 4.78 is 0. The van der Waals surface area contributed by atoms with E-state index in [2.05, 4.69) is 0 Å². The number of thioether (sulfide) groups is 1. The van der Waals surface area contributed by atoms with Crippen molar-refractivity contribution < 1.29 is 9.90 Å². The predicted molar refractivity (Wildman–Crippen MR) is 73.6 cm³/mol. The Bertz CT molecular complexity index is 430. The van der Waals surface area contributed by atoms with Crippen LogP contribution in [0.5, 0.6) is 0 Å². The van der Waals surface area contributed by atoms with E-state index in [1.165, 1.54) is 11.8 Å². The average Bonchev–Trinajstić information content (AvgIpc) is 3.19. The van der Waals surface area contributed by atoms with Crippen molar-refractivity contribution in [2.45, 2.75) is 36.8 Å². The molecule has 1 aliphatic carbocycles. The van der Waals surface area contributed by atoms with Gasteiger partial charge in [0.1, 0.15) is 0 Å². The monoisotopic (exact) mass is 265 g/mol. The number of carbonyl (C=O) groups is 1. The topological polar surface area (TPSA) is 40.5 Å². The zero-order valence-electron chi connectivity index (χ0n) is 10.8. The normalized spacial score (nSPS) is 16.4. The van der Waals surface area contributed by atoms with Gasteiger partial charge >= 0.3 is 0 Å². The summed E-state index contributed by atoms with van der Waals surface area (Å²) in [5.41, 5.74) is 0.892. The third kappa shape index (κ3) is 3.50. The highest BCUT2D eigenvalue weighted by Gasteiger charge is 2.29. The quantitative estimate of drug-likeness (QED) is 0.831. The molecule has 0 spiro atoms. The van der Waals surface area contributed by atoms with Crippen LogP contribution in [-0.2, 0) is 4.79 Å². The Labute approximate surface area is 112 Å². The van der Waals surface area contributed by atoms with Gasteiger partial charge in [0.15, 0.2) is 0 Å². The Morgan fingerprint density at radius 3 is 2.89 bits per heavy atom. The first-order chi connectivity index (χ1) is 8.58. The summed E-state index contributed by atoms with van der Waals surface area (Å²) in [5.74, 6) is 0.654. The van der Waals surface area contributed by atoms with Crippen LogP contribution in [0, 0.1) is 0 Å². The molecule has 1 aromatic carbocycles. The lowest BCUT2D eigenvalue weighted by Gasteiger charge is -2.16. The summed E-state index contributed by atoms with van der Waals surface area (Å²) in [7, 11) is 1.88. The van der Waals surface area contributed by atoms with Crippen LogP contribution >= 0.6 is 11.8 Å². The molecule has 1 aliphatic rings. The number of hydrogen-bond acceptors (Lipinski definition) is 3. The van der Waals surface area contributed by atoms with Crippen molar-refractivity contribution in [1.29, 1.82) is 0 Å². The van der Waals surface area contributed by atoms with Gasteiger partial charge in [-0.2, -0.15) is 0 Å². The average molecular weight is 265 g/mol. The smallest absolute Gasteiger partial charge is 0.232 e. The molecule has 18 heavy (non-hydrogen) atoms. The van der Waals surface area contributed by atoms with Crippen LogP contribution in [0.4, 0.5) is 0 Å². The zero-order chi connectivity index (χ0) is 13.1. The predicted octanol–water partition coefficient (Wildman–Crippen LogP) is 2.45. The van der Waals surface area contributed by atoms with Crippen LogP contribution in [0.1, 0.15) is 31.4 Å². The third-order valence-electron chi connectivity index (χ3n) is 3.19. The van der Waals surface area contributed by atoms with Gasteiger partial charge in [-0.25, -0.2) is 0 Å². The SMILES string of the molecule is CC(O)c1cccc(SCC(=O)N(C)C2CC2)c1. The molecule has 1 unspecified atom stereocenters. The highest BCUT2D eigenvalue weighted by Crippen LogP contribution is 2.27. The van der Waals surface area contributed by atoms with Crippen molar-refractivity contribution in [2.24, 2.45) is 0 Å². The summed E-state index contributed by atoms with van der Waals surface area (Å²) in [5, 5.41) is 9.51. The molecule has 0 bridgehead atoms. The second-order valence-corrected chi connectivity index (χ2v) is 5.82. The molecule has 0 aliphatic heterocycles. The molecule has 1 fully saturated rings. The molecule has 1 amide bonds. The van der Waals surface area contributed by atoms with E-state index >= 15 is 0 Å². The van der Waals surface area contributed by atoms with Crippen LogP contribution in [0.15, 0.2) is 29.2 Å². The standard InChI is InChI=1S/C14H19NO2S/c1-10(16)11-4-3-5-13(8-11)18-9-14(17)15(2)12-6-7-12/h3-5,8,10,12,16H,6-7,9H2,1-2H3. The fourth-order valence-electron chi connectivity index (χ4n) is 1.78. The summed E-state index contributed by atoms with van der Waals surface area (Å²) in [6, 6.07) is 8.20. The lowest BCUT2D eigenvalue weighted by molar-refractivity contribution is -0.127. The Balaban J connectivity index is 1.89. The summed E-state index contributed by atoms with van der Waals surface area (Å²) in [6.07, 6.45) is 1.82. The number of rotatable bonds is 5. The maximum absolute atomic E-state index is 11.9. The molecule has 0 aromatic heterocycles. The molecule has 98 valence electrons. The minimum atomic E-state index is -0.463. The van der Waals surface area contributed by atoms with Crippen LogP contribution in [0.25, 0.3) is 0 Å². The molecule has 0 radical (unpaired) electrons. The third-order valence-corrected chi connectivity index (χ3v) is 4.17. The van der Waals surface area contributed by atoms with E-state index in [1.807, 2.05) is 36.2 Å². The molecule has 1 N–H and O–H groups in total. The van der Waals surface area contributed by atoms with E-state index in [4.69, 9.17) is 0 Å². The maximum Gasteiger partial charge on any atom is 0.232 e. The Kier molecular flexibility index (Phi) is 4.30. The van der Waals surface area contributed by atoms with E-state index in [1.54, 1.807) is 6.92 Å². The number of aliphatic hydroxyl groups excluding tert-OH is 1. The highest BCUT2D eigenvalue weighted by molar-refractivity contribution is 8.00. The van der Waals surface area contributed by atoms with E-state index in [-0.39, 0.29) is 5.91 Å². The van der Waals surface area contributed by atoms with Gasteiger partial charge in [0, 0.05) is 18.0 Å². The molecule has 3 nitrogen and oxygen atoms in total. The first kappa shape index (κ1) is 13.4. The largest absolute Gasteiger partial charge is 0.389 e. The maximum atomic E-state index is 11.9. The fraction of sp³-hybridized carbons (Fsp3) is 0.500. The molecular weight excluding hydrogens is 246 g/mol. The lowest BCUT2D eigenvalue weighted by atomic mass is 10.1. The first-order valence-corrected chi connectivity index (χ1v) is 7.23. The molecule has 1 saturated carbocycles. The van der Waals surface area contributed by atoms with Crippen molar-refractivity contribution in [2.75, 3.05) is 12.8 Å². The van der Waals surface area contributed by atoms with Crippen LogP contribution < -0.4 is 0 Å². The summed E-state index contributed by atoms with van der Waals surface area (Å²) >= 11 is 1.53. The van der Waals surface area contributed by atoms with Crippen molar-refractivity contribution in [3.8, 4) is 0 Å². The molecule has 0 heterocycles. The first-order valence-electron chi connectivity index (χ1n) is 6.24. The number of nitrogens with zero attached hydrogens (tertiary/aromatic N) is 1. The Morgan fingerprint density at radius 2 is 2.28 bits per heavy atom. The second kappa shape index (κ2) is 5.76. The van der Waals surface area contributed by atoms with Crippen LogP contribution in [-0.4, -0.2) is 34.8 Å². The van der Waals surface area contributed by atoms with Gasteiger partial charge in [-0.1, -0.05) is 12.1 Å². The van der Waals surface area contributed by atoms with Gasteiger partial charge in [0.05, 0.1) is 11.9 Å². The Morgan fingerprint density at radius 1 is 1.56 bits per heavy atom. The lowest BCUT2D eigenvalue weighted by Crippen LogP contribution is -2.30. The highest BCUT2D eigenvalue weighted by atomic mass is 32.2. The summed E-state index contributed by atoms with van der Waals surface area (Å²) in [4.78, 5) is 14.8. The number of carbonyl (C=O) groups excluding carboxylic acids is 1. The number of aliphatic hydroxyl groups is 1. The molecule has 2 rings (SSSR count). The van der Waals surface area contributed by atoms with Gasteiger partial charge < -0.3 is 10.0 Å². The van der Waals surface area contributed by atoms with Crippen molar-refractivity contribution >= 4 is 17.7 Å². The summed E-state index contributed by atoms with van der Waals surface area (Å²) in [6.45, 7) is 1.75. The minimum absolute atomic E-state index is 0.185. The van der Waals surface area contributed by atoms with E-state index in [9.17, 15) is 9.90 Å². The van der Waals surface area contributed by atoms with E-state index < -0.39 is 6.10 Å². The van der Waals surface area contributed by atoms with E-state index in [0.717, 1.165) is 23.3 Å². The van der Waals surface area contributed by atoms with Gasteiger partial charge in [-0.05, 0) is 37.5 Å². The molecule has 0 saturated heterocycles. The van der Waals surface area contributed by atoms with Crippen molar-refractivity contribution in [1.82, 2.24) is 4.90 Å². The molecule has 1 atom stereocenters. The second-order valence-electron chi connectivity index (χ2n) is 4.77. The van der Waals surface area contributed by atoms with Crippen molar-refractivity contribution in [3.05, 3.63) is 29.8 Å². The Hall–Kier alpha value is -1.00. The van der Waals surface area contributed by atoms with Crippen LogP contribution in [0.2, 0.25) is 0 Å². The fourth-order valence-corrected chi connectivity index (χ4v) is 2.66. The number of hydrogen-bond donors (Lipinski definition) is 1. The molecule has 1 aromatic rings. The number of amides is 1. The molecular formula is C14H19NO2S. The van der Waals surface area contributed by atoms with Gasteiger partial charge in [-0.3, -0.25) is 4.79 Å². The van der Waals surface area contributed by atoms with Gasteiger partial charge in [0.2, 0.25) is 5.91 Å². The molecule has 4 heteroatoms. The minimum Gasteiger partial charge on any atom is -0.389 e. The van der Waals surface area contributed by atoms with Gasteiger partial charge in [0.25, 0.3) is 0 Å². The number of benzene rings is 1.